The van der Waals surface area contributed by atoms with E-state index < -0.39 is 11.9 Å². The van der Waals surface area contributed by atoms with E-state index in [0.717, 1.165) is 12.8 Å². The van der Waals surface area contributed by atoms with Gasteiger partial charge in [0.2, 0.25) is 5.91 Å². The lowest BCUT2D eigenvalue weighted by Gasteiger charge is -2.11. The number of carbonyl (C=O) groups excluding carboxylic acids is 1. The largest absolute Gasteiger partial charge is 0.481 e. The van der Waals surface area contributed by atoms with Crippen LogP contribution in [0.1, 0.15) is 26.2 Å². The number of nitrogens with one attached hydrogen (secondary N) is 1. The Morgan fingerprint density at radius 1 is 1.60 bits per heavy atom. The van der Waals surface area contributed by atoms with Crippen LogP contribution in [0.15, 0.2) is 0 Å². The molecule has 1 heterocycles. The van der Waals surface area contributed by atoms with E-state index in [2.05, 4.69) is 5.32 Å². The molecule has 1 aliphatic heterocycles. The van der Waals surface area contributed by atoms with E-state index in [9.17, 15) is 9.59 Å². The Balaban J connectivity index is 2.14. The molecule has 2 N–H and O–H groups in total. The van der Waals surface area contributed by atoms with Crippen molar-refractivity contribution in [2.24, 2.45) is 5.92 Å². The fraction of sp³-hybridized carbons (Fsp3) is 0.800. The number of ether oxygens (including phenoxy) is 1. The van der Waals surface area contributed by atoms with Crippen molar-refractivity contribution in [2.75, 3.05) is 13.2 Å². The molecule has 0 aliphatic carbocycles. The average Bonchev–Trinajstić information content (AvgIpc) is 2.70. The number of amides is 1. The molecule has 5 nitrogen and oxygen atoms in total. The van der Waals surface area contributed by atoms with E-state index in [1.54, 1.807) is 6.92 Å². The molecule has 15 heavy (non-hydrogen) atoms. The van der Waals surface area contributed by atoms with Gasteiger partial charge in [0.05, 0.1) is 5.92 Å². The number of carboxylic acids is 1. The summed E-state index contributed by atoms with van der Waals surface area (Å²) in [5.74, 6) is -1.37. The SMILES string of the molecule is CC(CCNC(=O)[C@H]1CCCO1)C(=O)O. The summed E-state index contributed by atoms with van der Waals surface area (Å²) in [4.78, 5) is 21.9. The molecule has 0 spiro atoms. The highest BCUT2D eigenvalue weighted by molar-refractivity contribution is 5.81. The third kappa shape index (κ3) is 3.87. The molecule has 1 aliphatic rings. The summed E-state index contributed by atoms with van der Waals surface area (Å²) in [5, 5.41) is 11.3. The molecule has 1 amide bonds. The normalized spacial score (nSPS) is 22.3. The predicted molar refractivity (Wildman–Crippen MR) is 53.4 cm³/mol. The van der Waals surface area contributed by atoms with Crippen molar-refractivity contribution in [3.8, 4) is 0 Å². The Hall–Kier alpha value is -1.10. The lowest BCUT2D eigenvalue weighted by molar-refractivity contribution is -0.141. The summed E-state index contributed by atoms with van der Waals surface area (Å²) < 4.78 is 5.19. The van der Waals surface area contributed by atoms with Crippen molar-refractivity contribution in [3.05, 3.63) is 0 Å². The smallest absolute Gasteiger partial charge is 0.306 e. The van der Waals surface area contributed by atoms with Crippen LogP contribution >= 0.6 is 0 Å². The molecule has 2 atom stereocenters. The number of hydrogen-bond donors (Lipinski definition) is 2. The third-order valence-corrected chi connectivity index (χ3v) is 2.52. The van der Waals surface area contributed by atoms with E-state index in [1.807, 2.05) is 0 Å². The van der Waals surface area contributed by atoms with Crippen LogP contribution in [-0.2, 0) is 14.3 Å². The third-order valence-electron chi connectivity index (χ3n) is 2.52. The van der Waals surface area contributed by atoms with Gasteiger partial charge in [-0.15, -0.1) is 0 Å². The van der Waals surface area contributed by atoms with Gasteiger partial charge in [-0.3, -0.25) is 9.59 Å². The van der Waals surface area contributed by atoms with Crippen LogP contribution in [0.5, 0.6) is 0 Å². The van der Waals surface area contributed by atoms with Crippen molar-refractivity contribution in [1.29, 1.82) is 0 Å². The maximum absolute atomic E-state index is 11.4. The molecule has 0 aromatic carbocycles. The van der Waals surface area contributed by atoms with Crippen LogP contribution in [0.25, 0.3) is 0 Å². The van der Waals surface area contributed by atoms with Gasteiger partial charge in [0.25, 0.3) is 0 Å². The molecular weight excluding hydrogens is 198 g/mol. The van der Waals surface area contributed by atoms with Crippen LogP contribution in [0.2, 0.25) is 0 Å². The Labute approximate surface area is 88.8 Å². The second-order valence-electron chi connectivity index (χ2n) is 3.82. The molecule has 1 fully saturated rings. The van der Waals surface area contributed by atoms with Crippen molar-refractivity contribution < 1.29 is 19.4 Å². The topological polar surface area (TPSA) is 75.6 Å². The number of carbonyl (C=O) groups is 2. The first kappa shape index (κ1) is 12.0. The molecule has 1 rings (SSSR count). The molecule has 86 valence electrons. The summed E-state index contributed by atoms with van der Waals surface area (Å²) in [6, 6.07) is 0. The Morgan fingerprint density at radius 3 is 2.87 bits per heavy atom. The lowest BCUT2D eigenvalue weighted by atomic mass is 10.1. The first-order valence-corrected chi connectivity index (χ1v) is 5.23. The Morgan fingerprint density at radius 2 is 2.33 bits per heavy atom. The molecule has 5 heteroatoms. The van der Waals surface area contributed by atoms with Crippen LogP contribution in [0, 0.1) is 5.92 Å². The summed E-state index contributed by atoms with van der Waals surface area (Å²) in [5.41, 5.74) is 0. The predicted octanol–water partition coefficient (Wildman–Crippen LogP) is 0.392. The van der Waals surface area contributed by atoms with Crippen molar-refractivity contribution in [1.82, 2.24) is 5.32 Å². The Bertz CT molecular complexity index is 236. The maximum Gasteiger partial charge on any atom is 0.306 e. The highest BCUT2D eigenvalue weighted by atomic mass is 16.5. The van der Waals surface area contributed by atoms with Crippen LogP contribution < -0.4 is 5.32 Å². The fourth-order valence-electron chi connectivity index (χ4n) is 1.43. The zero-order valence-corrected chi connectivity index (χ0v) is 8.86. The van der Waals surface area contributed by atoms with Gasteiger partial charge in [0.15, 0.2) is 0 Å². The quantitative estimate of drug-likeness (QED) is 0.695. The fourth-order valence-corrected chi connectivity index (χ4v) is 1.43. The molecule has 0 saturated carbocycles. The molecule has 0 radical (unpaired) electrons. The first-order chi connectivity index (χ1) is 7.11. The van der Waals surface area contributed by atoms with E-state index >= 15 is 0 Å². The monoisotopic (exact) mass is 215 g/mol. The summed E-state index contributed by atoms with van der Waals surface area (Å²) >= 11 is 0. The zero-order chi connectivity index (χ0) is 11.3. The maximum atomic E-state index is 11.4. The number of carboxylic acid groups (broad SMARTS) is 1. The van der Waals surface area contributed by atoms with E-state index in [1.165, 1.54) is 0 Å². The van der Waals surface area contributed by atoms with Gasteiger partial charge in [-0.05, 0) is 19.3 Å². The molecule has 0 aromatic heterocycles. The van der Waals surface area contributed by atoms with Crippen molar-refractivity contribution in [3.63, 3.8) is 0 Å². The molecule has 0 aromatic rings. The van der Waals surface area contributed by atoms with Crippen LogP contribution in [-0.4, -0.2) is 36.2 Å². The van der Waals surface area contributed by atoms with Gasteiger partial charge < -0.3 is 15.2 Å². The van der Waals surface area contributed by atoms with E-state index in [0.29, 0.717) is 19.6 Å². The molecule has 1 saturated heterocycles. The van der Waals surface area contributed by atoms with Crippen LogP contribution in [0.4, 0.5) is 0 Å². The van der Waals surface area contributed by atoms with Gasteiger partial charge in [0.1, 0.15) is 6.10 Å². The minimum absolute atomic E-state index is 0.120. The van der Waals surface area contributed by atoms with Gasteiger partial charge in [-0.1, -0.05) is 6.92 Å². The zero-order valence-electron chi connectivity index (χ0n) is 8.86. The minimum atomic E-state index is -0.832. The standard InChI is InChI=1S/C10H17NO4/c1-7(10(13)14)4-5-11-9(12)8-3-2-6-15-8/h7-8H,2-6H2,1H3,(H,11,12)(H,13,14)/t7?,8-/m1/s1. The van der Waals surface area contributed by atoms with Crippen molar-refractivity contribution >= 4 is 11.9 Å². The van der Waals surface area contributed by atoms with Gasteiger partial charge in [-0.2, -0.15) is 0 Å². The molecule has 1 unspecified atom stereocenters. The van der Waals surface area contributed by atoms with E-state index in [4.69, 9.17) is 9.84 Å². The molecule has 0 bridgehead atoms. The highest BCUT2D eigenvalue weighted by Crippen LogP contribution is 2.11. The molecular formula is C10H17NO4. The summed E-state index contributed by atoms with van der Waals surface area (Å²) in [7, 11) is 0. The number of aliphatic carboxylic acids is 1. The van der Waals surface area contributed by atoms with Crippen molar-refractivity contribution in [2.45, 2.75) is 32.3 Å². The van der Waals surface area contributed by atoms with E-state index in [-0.39, 0.29) is 12.0 Å². The second kappa shape index (κ2) is 5.70. The van der Waals surface area contributed by atoms with Gasteiger partial charge in [0, 0.05) is 13.2 Å². The summed E-state index contributed by atoms with van der Waals surface area (Å²) in [6.45, 7) is 2.66. The highest BCUT2D eigenvalue weighted by Gasteiger charge is 2.23. The minimum Gasteiger partial charge on any atom is -0.481 e. The lowest BCUT2D eigenvalue weighted by Crippen LogP contribution is -2.35. The summed E-state index contributed by atoms with van der Waals surface area (Å²) in [6.07, 6.45) is 1.81. The number of hydrogen-bond acceptors (Lipinski definition) is 3. The first-order valence-electron chi connectivity index (χ1n) is 5.23. The van der Waals surface area contributed by atoms with Gasteiger partial charge in [-0.25, -0.2) is 0 Å². The second-order valence-corrected chi connectivity index (χ2v) is 3.82. The number of rotatable bonds is 5. The van der Waals surface area contributed by atoms with Crippen LogP contribution in [0.3, 0.4) is 0 Å². The Kier molecular flexibility index (Phi) is 4.55. The van der Waals surface area contributed by atoms with Gasteiger partial charge >= 0.3 is 5.97 Å². The average molecular weight is 215 g/mol.